The van der Waals surface area contributed by atoms with E-state index in [9.17, 15) is 9.90 Å². The highest BCUT2D eigenvalue weighted by atomic mass is 35.5. The van der Waals surface area contributed by atoms with E-state index in [2.05, 4.69) is 15.3 Å². The SMILES string of the molecule is Cc1nc(Cl)c(C=O)c(NCC2(O)CCOC2C)n1. The maximum Gasteiger partial charge on any atom is 0.156 e. The molecule has 2 N–H and O–H groups in total. The quantitative estimate of drug-likeness (QED) is 0.639. The van der Waals surface area contributed by atoms with Crippen molar-refractivity contribution in [1.82, 2.24) is 9.97 Å². The Morgan fingerprint density at radius 3 is 2.95 bits per heavy atom. The summed E-state index contributed by atoms with van der Waals surface area (Å²) in [6.07, 6.45) is 0.871. The maximum absolute atomic E-state index is 11.0. The standard InChI is InChI=1S/C12H16ClN3O3/c1-7-12(18,3-4-19-7)6-14-11-9(5-17)10(13)15-8(2)16-11/h5,7,18H,3-4,6H2,1-2H3,(H,14,15,16). The van der Waals surface area contributed by atoms with E-state index in [0.717, 1.165) is 0 Å². The normalized spacial score (nSPS) is 26.4. The molecule has 0 amide bonds. The number of aliphatic hydroxyl groups is 1. The Bertz CT molecular complexity index is 497. The van der Waals surface area contributed by atoms with Crippen molar-refractivity contribution in [3.8, 4) is 0 Å². The van der Waals surface area contributed by atoms with Crippen LogP contribution >= 0.6 is 11.6 Å². The van der Waals surface area contributed by atoms with Gasteiger partial charge < -0.3 is 15.2 Å². The number of carbonyl (C=O) groups excluding carboxylic acids is 1. The van der Waals surface area contributed by atoms with Gasteiger partial charge in [-0.15, -0.1) is 0 Å². The van der Waals surface area contributed by atoms with Crippen LogP contribution in [0.2, 0.25) is 5.15 Å². The van der Waals surface area contributed by atoms with Gasteiger partial charge in [-0.05, 0) is 13.8 Å². The van der Waals surface area contributed by atoms with Crippen LogP contribution in [0.4, 0.5) is 5.82 Å². The fourth-order valence-corrected chi connectivity index (χ4v) is 2.28. The largest absolute Gasteiger partial charge is 0.385 e. The van der Waals surface area contributed by atoms with Gasteiger partial charge in [0.1, 0.15) is 22.4 Å². The molecule has 0 radical (unpaired) electrons. The van der Waals surface area contributed by atoms with Crippen molar-refractivity contribution < 1.29 is 14.6 Å². The number of aldehydes is 1. The highest BCUT2D eigenvalue weighted by Crippen LogP contribution is 2.27. The summed E-state index contributed by atoms with van der Waals surface area (Å²) in [4.78, 5) is 19.1. The molecule has 2 unspecified atom stereocenters. The van der Waals surface area contributed by atoms with Crippen LogP contribution in [0.15, 0.2) is 0 Å². The summed E-state index contributed by atoms with van der Waals surface area (Å²) in [5.41, 5.74) is -0.770. The van der Waals surface area contributed by atoms with Gasteiger partial charge in [0, 0.05) is 19.6 Å². The number of anilines is 1. The van der Waals surface area contributed by atoms with Gasteiger partial charge in [0.05, 0.1) is 11.7 Å². The zero-order chi connectivity index (χ0) is 14.0. The van der Waals surface area contributed by atoms with E-state index < -0.39 is 5.60 Å². The Labute approximate surface area is 116 Å². The summed E-state index contributed by atoms with van der Waals surface area (Å²) < 4.78 is 5.34. The second-order valence-corrected chi connectivity index (χ2v) is 5.02. The summed E-state index contributed by atoms with van der Waals surface area (Å²) >= 11 is 5.88. The third kappa shape index (κ3) is 2.86. The lowest BCUT2D eigenvalue weighted by Crippen LogP contribution is -2.43. The second kappa shape index (κ2) is 5.40. The zero-order valence-corrected chi connectivity index (χ0v) is 11.6. The number of halogens is 1. The van der Waals surface area contributed by atoms with Gasteiger partial charge in [-0.25, -0.2) is 9.97 Å². The van der Waals surface area contributed by atoms with Crippen LogP contribution in [0.3, 0.4) is 0 Å². The lowest BCUT2D eigenvalue weighted by atomic mass is 9.97. The molecule has 7 heteroatoms. The van der Waals surface area contributed by atoms with E-state index in [1.54, 1.807) is 6.92 Å². The van der Waals surface area contributed by atoms with Crippen LogP contribution < -0.4 is 5.32 Å². The minimum absolute atomic E-state index is 0.104. The van der Waals surface area contributed by atoms with Gasteiger partial charge in [0.25, 0.3) is 0 Å². The molecule has 1 fully saturated rings. The molecule has 2 heterocycles. The molecule has 0 aliphatic carbocycles. The number of hydrogen-bond donors (Lipinski definition) is 2. The first-order valence-corrected chi connectivity index (χ1v) is 6.41. The highest BCUT2D eigenvalue weighted by Gasteiger charge is 2.39. The highest BCUT2D eigenvalue weighted by molar-refractivity contribution is 6.32. The van der Waals surface area contributed by atoms with Crippen molar-refractivity contribution >= 4 is 23.7 Å². The lowest BCUT2D eigenvalue weighted by molar-refractivity contribution is -0.0176. The van der Waals surface area contributed by atoms with Crippen molar-refractivity contribution in [2.45, 2.75) is 32.0 Å². The second-order valence-electron chi connectivity index (χ2n) is 4.66. The Morgan fingerprint density at radius 2 is 2.37 bits per heavy atom. The monoisotopic (exact) mass is 285 g/mol. The summed E-state index contributed by atoms with van der Waals surface area (Å²) in [5, 5.41) is 13.4. The van der Waals surface area contributed by atoms with Crippen LogP contribution in [-0.2, 0) is 4.74 Å². The summed E-state index contributed by atoms with van der Waals surface area (Å²) in [7, 11) is 0. The van der Waals surface area contributed by atoms with Gasteiger partial charge in [-0.1, -0.05) is 11.6 Å². The topological polar surface area (TPSA) is 84.3 Å². The molecule has 6 nitrogen and oxygen atoms in total. The van der Waals surface area contributed by atoms with Crippen LogP contribution in [0.1, 0.15) is 29.5 Å². The summed E-state index contributed by atoms with van der Waals surface area (Å²) in [5.74, 6) is 0.792. The average Bonchev–Trinajstić information content (AvgIpc) is 2.67. The Hall–Kier alpha value is -1.24. The minimum atomic E-state index is -0.967. The molecule has 1 saturated heterocycles. The van der Waals surface area contributed by atoms with Gasteiger partial charge in [-0.3, -0.25) is 4.79 Å². The van der Waals surface area contributed by atoms with Gasteiger partial charge in [0.15, 0.2) is 6.29 Å². The Balaban J connectivity index is 2.17. The van der Waals surface area contributed by atoms with Gasteiger partial charge in [-0.2, -0.15) is 0 Å². The molecular formula is C12H16ClN3O3. The molecule has 1 aromatic heterocycles. The van der Waals surface area contributed by atoms with Crippen molar-refractivity contribution in [1.29, 1.82) is 0 Å². The van der Waals surface area contributed by atoms with E-state index in [1.807, 2.05) is 6.92 Å². The Morgan fingerprint density at radius 1 is 1.63 bits per heavy atom. The molecule has 0 saturated carbocycles. The third-order valence-electron chi connectivity index (χ3n) is 3.35. The molecule has 2 atom stereocenters. The lowest BCUT2D eigenvalue weighted by Gasteiger charge is -2.26. The van der Waals surface area contributed by atoms with Crippen molar-refractivity contribution in [2.75, 3.05) is 18.5 Å². The number of nitrogens with zero attached hydrogens (tertiary/aromatic N) is 2. The van der Waals surface area contributed by atoms with E-state index in [0.29, 0.717) is 31.0 Å². The first-order valence-electron chi connectivity index (χ1n) is 6.03. The van der Waals surface area contributed by atoms with Crippen LogP contribution in [-0.4, -0.2) is 46.2 Å². The van der Waals surface area contributed by atoms with Gasteiger partial charge in [0.2, 0.25) is 0 Å². The number of rotatable bonds is 4. The smallest absolute Gasteiger partial charge is 0.156 e. The van der Waals surface area contributed by atoms with E-state index in [4.69, 9.17) is 16.3 Å². The molecule has 0 aromatic carbocycles. The van der Waals surface area contributed by atoms with Crippen LogP contribution in [0, 0.1) is 6.92 Å². The van der Waals surface area contributed by atoms with E-state index in [1.165, 1.54) is 0 Å². The first kappa shape index (κ1) is 14.2. The molecule has 104 valence electrons. The number of ether oxygens (including phenoxy) is 1. The molecule has 1 aliphatic rings. The molecular weight excluding hydrogens is 270 g/mol. The number of nitrogens with one attached hydrogen (secondary N) is 1. The van der Waals surface area contributed by atoms with Crippen molar-refractivity contribution in [3.05, 3.63) is 16.5 Å². The first-order chi connectivity index (χ1) is 8.96. The fourth-order valence-electron chi connectivity index (χ4n) is 2.03. The van der Waals surface area contributed by atoms with E-state index in [-0.39, 0.29) is 23.4 Å². The van der Waals surface area contributed by atoms with Crippen molar-refractivity contribution in [2.24, 2.45) is 0 Å². The zero-order valence-electron chi connectivity index (χ0n) is 10.8. The fraction of sp³-hybridized carbons (Fsp3) is 0.583. The molecule has 0 spiro atoms. The number of hydrogen-bond acceptors (Lipinski definition) is 6. The Kier molecular flexibility index (Phi) is 4.03. The van der Waals surface area contributed by atoms with Crippen molar-refractivity contribution in [3.63, 3.8) is 0 Å². The predicted octanol–water partition coefficient (Wildman–Crippen LogP) is 1.20. The number of carbonyl (C=O) groups is 1. The molecule has 19 heavy (non-hydrogen) atoms. The summed E-state index contributed by atoms with van der Waals surface area (Å²) in [6, 6.07) is 0. The maximum atomic E-state index is 11.0. The number of aryl methyl sites for hydroxylation is 1. The molecule has 2 rings (SSSR count). The van der Waals surface area contributed by atoms with Crippen LogP contribution in [0.5, 0.6) is 0 Å². The molecule has 0 bridgehead atoms. The predicted molar refractivity (Wildman–Crippen MR) is 70.6 cm³/mol. The third-order valence-corrected chi connectivity index (χ3v) is 3.64. The van der Waals surface area contributed by atoms with Crippen LogP contribution in [0.25, 0.3) is 0 Å². The number of aromatic nitrogens is 2. The molecule has 1 aromatic rings. The van der Waals surface area contributed by atoms with E-state index >= 15 is 0 Å². The van der Waals surface area contributed by atoms with Gasteiger partial charge >= 0.3 is 0 Å². The minimum Gasteiger partial charge on any atom is -0.385 e. The summed E-state index contributed by atoms with van der Waals surface area (Å²) in [6.45, 7) is 4.25. The average molecular weight is 286 g/mol. The molecule has 1 aliphatic heterocycles.